The van der Waals surface area contributed by atoms with E-state index in [0.29, 0.717) is 0 Å². The zero-order chi connectivity index (χ0) is 15.1. The molecule has 5 heteroatoms. The van der Waals surface area contributed by atoms with E-state index in [0.717, 1.165) is 21.6 Å². The average Bonchev–Trinajstić information content (AvgIpc) is 2.34. The molecule has 1 amide bonds. The van der Waals surface area contributed by atoms with Crippen molar-refractivity contribution >= 4 is 6.41 Å². The number of halogens is 3. The van der Waals surface area contributed by atoms with Crippen LogP contribution in [0.1, 0.15) is 30.5 Å². The summed E-state index contributed by atoms with van der Waals surface area (Å²) in [6, 6.07) is 5.51. The van der Waals surface area contributed by atoms with E-state index in [1.807, 2.05) is 39.8 Å². The maximum atomic E-state index is 12.2. The molecule has 19 heavy (non-hydrogen) atoms. The molecule has 0 aliphatic heterocycles. The predicted octanol–water partition coefficient (Wildman–Crippen LogP) is 3.85. The summed E-state index contributed by atoms with van der Waals surface area (Å²) in [7, 11) is 0. The normalized spacial score (nSPS) is 10.5. The second kappa shape index (κ2) is 7.81. The third-order valence-electron chi connectivity index (χ3n) is 2.41. The minimum atomic E-state index is -4.36. The maximum absolute atomic E-state index is 12.2. The number of nitrogens with zero attached hydrogens (tertiary/aromatic N) is 1. The lowest BCUT2D eigenvalue weighted by molar-refractivity contribution is -0.155. The van der Waals surface area contributed by atoms with Gasteiger partial charge in [0.2, 0.25) is 6.41 Å². The monoisotopic (exact) mass is 275 g/mol. The van der Waals surface area contributed by atoms with E-state index in [1.54, 1.807) is 6.07 Å². The molecule has 0 aliphatic rings. The molecular formula is C14H20F3NO. The van der Waals surface area contributed by atoms with Crippen molar-refractivity contribution in [2.45, 2.75) is 40.4 Å². The molecular weight excluding hydrogens is 255 g/mol. The van der Waals surface area contributed by atoms with E-state index >= 15 is 0 Å². The van der Waals surface area contributed by atoms with Crippen molar-refractivity contribution in [2.24, 2.45) is 0 Å². The lowest BCUT2D eigenvalue weighted by atomic mass is 10.1. The molecule has 0 heterocycles. The van der Waals surface area contributed by atoms with E-state index < -0.39 is 12.7 Å². The first-order valence-electron chi connectivity index (χ1n) is 6.14. The van der Waals surface area contributed by atoms with Crippen molar-refractivity contribution in [1.82, 2.24) is 4.90 Å². The van der Waals surface area contributed by atoms with Crippen LogP contribution in [0, 0.1) is 13.8 Å². The Kier molecular flexibility index (Phi) is 7.19. The molecule has 0 N–H and O–H groups in total. The number of aryl methyl sites for hydroxylation is 2. The van der Waals surface area contributed by atoms with Gasteiger partial charge in [-0.3, -0.25) is 4.79 Å². The summed E-state index contributed by atoms with van der Waals surface area (Å²) in [6.07, 6.45) is -4.13. The van der Waals surface area contributed by atoms with Gasteiger partial charge in [0, 0.05) is 6.54 Å². The maximum Gasteiger partial charge on any atom is 0.406 e. The lowest BCUT2D eigenvalue weighted by Crippen LogP contribution is -2.32. The van der Waals surface area contributed by atoms with E-state index in [9.17, 15) is 18.0 Å². The molecule has 0 aliphatic carbocycles. The Bertz CT molecular complexity index is 402. The van der Waals surface area contributed by atoms with Gasteiger partial charge in [-0.1, -0.05) is 37.6 Å². The van der Waals surface area contributed by atoms with Crippen LogP contribution in [-0.4, -0.2) is 24.0 Å². The van der Waals surface area contributed by atoms with E-state index in [-0.39, 0.29) is 13.0 Å². The molecule has 1 aromatic rings. The number of hydrogen-bond acceptors (Lipinski definition) is 1. The van der Waals surface area contributed by atoms with Gasteiger partial charge in [0.25, 0.3) is 0 Å². The minimum Gasteiger partial charge on any atom is -0.332 e. The highest BCUT2D eigenvalue weighted by Gasteiger charge is 2.30. The predicted molar refractivity (Wildman–Crippen MR) is 69.8 cm³/mol. The third kappa shape index (κ3) is 6.84. The van der Waals surface area contributed by atoms with Gasteiger partial charge in [0.15, 0.2) is 0 Å². The Hall–Kier alpha value is -1.52. The smallest absolute Gasteiger partial charge is 0.332 e. The summed E-state index contributed by atoms with van der Waals surface area (Å²) in [5, 5.41) is 0. The van der Waals surface area contributed by atoms with Crippen LogP contribution in [0.3, 0.4) is 0 Å². The van der Waals surface area contributed by atoms with Gasteiger partial charge in [-0.05, 0) is 25.0 Å². The van der Waals surface area contributed by atoms with Gasteiger partial charge in [-0.15, -0.1) is 0 Å². The highest BCUT2D eigenvalue weighted by molar-refractivity contribution is 5.48. The molecule has 0 bridgehead atoms. The highest BCUT2D eigenvalue weighted by atomic mass is 19.4. The largest absolute Gasteiger partial charge is 0.406 e. The van der Waals surface area contributed by atoms with Crippen LogP contribution in [0.5, 0.6) is 0 Å². The SMILES string of the molecule is CC.Cc1ccc(C)c(CN(C=O)CC(F)(F)F)c1. The second-order valence-corrected chi connectivity index (χ2v) is 4.06. The topological polar surface area (TPSA) is 20.3 Å². The van der Waals surface area contributed by atoms with Crippen LogP contribution in [0.25, 0.3) is 0 Å². The highest BCUT2D eigenvalue weighted by Crippen LogP contribution is 2.18. The fourth-order valence-electron chi connectivity index (χ4n) is 1.55. The van der Waals surface area contributed by atoms with Gasteiger partial charge >= 0.3 is 6.18 Å². The Balaban J connectivity index is 0.00000154. The molecule has 0 saturated heterocycles. The number of carbonyl (C=O) groups excluding carboxylic acids is 1. The Morgan fingerprint density at radius 2 is 1.79 bits per heavy atom. The number of hydrogen-bond donors (Lipinski definition) is 0. The Labute approximate surface area is 112 Å². The van der Waals surface area contributed by atoms with E-state index in [1.165, 1.54) is 0 Å². The van der Waals surface area contributed by atoms with Crippen molar-refractivity contribution < 1.29 is 18.0 Å². The molecule has 0 atom stereocenters. The third-order valence-corrected chi connectivity index (χ3v) is 2.41. The first kappa shape index (κ1) is 17.5. The molecule has 0 aromatic heterocycles. The summed E-state index contributed by atoms with van der Waals surface area (Å²) in [5.41, 5.74) is 2.58. The summed E-state index contributed by atoms with van der Waals surface area (Å²) in [6.45, 7) is 6.43. The van der Waals surface area contributed by atoms with Crippen LogP contribution >= 0.6 is 0 Å². The number of alkyl halides is 3. The molecule has 2 nitrogen and oxygen atoms in total. The number of benzene rings is 1. The van der Waals surface area contributed by atoms with Gasteiger partial charge in [0.1, 0.15) is 6.54 Å². The molecule has 1 aromatic carbocycles. The number of amides is 1. The first-order valence-corrected chi connectivity index (χ1v) is 6.14. The summed E-state index contributed by atoms with van der Waals surface area (Å²) in [5.74, 6) is 0. The first-order chi connectivity index (χ1) is 8.81. The van der Waals surface area contributed by atoms with E-state index in [2.05, 4.69) is 0 Å². The second-order valence-electron chi connectivity index (χ2n) is 4.06. The molecule has 0 spiro atoms. The van der Waals surface area contributed by atoms with Crippen LogP contribution in [0.15, 0.2) is 18.2 Å². The molecule has 0 radical (unpaired) electrons. The molecule has 0 unspecified atom stereocenters. The zero-order valence-corrected chi connectivity index (χ0v) is 11.7. The van der Waals surface area contributed by atoms with Gasteiger partial charge in [0.05, 0.1) is 0 Å². The fraction of sp³-hybridized carbons (Fsp3) is 0.500. The van der Waals surface area contributed by atoms with E-state index in [4.69, 9.17) is 0 Å². The number of carbonyl (C=O) groups is 1. The molecule has 0 fully saturated rings. The Morgan fingerprint density at radius 1 is 1.21 bits per heavy atom. The van der Waals surface area contributed by atoms with Crippen LogP contribution in [0.2, 0.25) is 0 Å². The molecule has 108 valence electrons. The van der Waals surface area contributed by atoms with Crippen LogP contribution in [0.4, 0.5) is 13.2 Å². The van der Waals surface area contributed by atoms with Crippen molar-refractivity contribution in [1.29, 1.82) is 0 Å². The van der Waals surface area contributed by atoms with Crippen molar-refractivity contribution in [3.05, 3.63) is 34.9 Å². The summed E-state index contributed by atoms with van der Waals surface area (Å²) in [4.78, 5) is 11.3. The lowest BCUT2D eigenvalue weighted by Gasteiger charge is -2.20. The van der Waals surface area contributed by atoms with Crippen molar-refractivity contribution in [2.75, 3.05) is 6.54 Å². The quantitative estimate of drug-likeness (QED) is 0.764. The van der Waals surface area contributed by atoms with Crippen molar-refractivity contribution in [3.63, 3.8) is 0 Å². The van der Waals surface area contributed by atoms with Gasteiger partial charge in [-0.25, -0.2) is 0 Å². The molecule has 1 rings (SSSR count). The minimum absolute atomic E-state index is 0.0173. The average molecular weight is 275 g/mol. The fourth-order valence-corrected chi connectivity index (χ4v) is 1.55. The summed E-state index contributed by atoms with van der Waals surface area (Å²) >= 11 is 0. The standard InChI is InChI=1S/C12H14F3NO.C2H6/c1-9-3-4-10(2)11(5-9)6-16(8-17)7-12(13,14)15;1-2/h3-5,8H,6-7H2,1-2H3;1-2H3. The molecule has 0 saturated carbocycles. The van der Waals surface area contributed by atoms with Crippen LogP contribution < -0.4 is 0 Å². The Morgan fingerprint density at radius 3 is 2.26 bits per heavy atom. The number of rotatable bonds is 4. The van der Waals surface area contributed by atoms with Crippen LogP contribution in [-0.2, 0) is 11.3 Å². The van der Waals surface area contributed by atoms with Gasteiger partial charge in [-0.2, -0.15) is 13.2 Å². The zero-order valence-electron chi connectivity index (χ0n) is 11.7. The summed E-state index contributed by atoms with van der Waals surface area (Å²) < 4.78 is 36.5. The van der Waals surface area contributed by atoms with Gasteiger partial charge < -0.3 is 4.90 Å². The van der Waals surface area contributed by atoms with Crippen molar-refractivity contribution in [3.8, 4) is 0 Å².